The van der Waals surface area contributed by atoms with Gasteiger partial charge in [-0.2, -0.15) is 0 Å². The van der Waals surface area contributed by atoms with E-state index in [2.05, 4.69) is 27.5 Å². The first-order valence-electron chi connectivity index (χ1n) is 5.86. The summed E-state index contributed by atoms with van der Waals surface area (Å²) < 4.78 is 0. The molecule has 1 amide bonds. The van der Waals surface area contributed by atoms with Crippen LogP contribution in [0.2, 0.25) is 0 Å². The number of nitrogen functional groups attached to an aromatic ring is 1. The highest BCUT2D eigenvalue weighted by Crippen LogP contribution is 2.24. The molecule has 0 spiro atoms. The van der Waals surface area contributed by atoms with E-state index in [0.29, 0.717) is 16.6 Å². The number of rotatable bonds is 6. The molecule has 0 saturated heterocycles. The monoisotopic (exact) mass is 297 g/mol. The van der Waals surface area contributed by atoms with Gasteiger partial charge in [0.05, 0.1) is 17.7 Å². The first-order valence-corrected chi connectivity index (χ1v) is 7.62. The Balaban J connectivity index is 1.96. The Morgan fingerprint density at radius 3 is 3.05 bits per heavy atom. The van der Waals surface area contributed by atoms with E-state index in [9.17, 15) is 4.79 Å². The van der Waals surface area contributed by atoms with Crippen molar-refractivity contribution in [1.29, 1.82) is 0 Å². The fourth-order valence-electron chi connectivity index (χ4n) is 1.38. The lowest BCUT2D eigenvalue weighted by atomic mass is 10.4. The van der Waals surface area contributed by atoms with Gasteiger partial charge in [-0.05, 0) is 6.42 Å². The van der Waals surface area contributed by atoms with E-state index >= 15 is 0 Å². The first-order chi connectivity index (χ1) is 9.20. The van der Waals surface area contributed by atoms with Crippen LogP contribution in [0.3, 0.4) is 0 Å². The van der Waals surface area contributed by atoms with Crippen molar-refractivity contribution in [3.63, 3.8) is 0 Å². The molecule has 19 heavy (non-hydrogen) atoms. The van der Waals surface area contributed by atoms with Crippen LogP contribution in [0, 0.1) is 0 Å². The molecule has 0 aliphatic heterocycles. The molecule has 6 nitrogen and oxygen atoms in total. The summed E-state index contributed by atoms with van der Waals surface area (Å²) >= 11 is 2.76. The summed E-state index contributed by atoms with van der Waals surface area (Å²) in [6.07, 6.45) is 0.991. The topological polar surface area (TPSA) is 92.9 Å². The Hall–Kier alpha value is -1.67. The summed E-state index contributed by atoms with van der Waals surface area (Å²) in [5, 5.41) is 8.47. The molecule has 0 atom stereocenters. The number of aromatic nitrogens is 2. The van der Waals surface area contributed by atoms with Crippen molar-refractivity contribution in [2.75, 3.05) is 17.6 Å². The van der Waals surface area contributed by atoms with Crippen LogP contribution in [0.4, 0.5) is 10.9 Å². The minimum atomic E-state index is -0.215. The number of carbonyl (C=O) groups excluding carboxylic acids is 1. The van der Waals surface area contributed by atoms with Crippen molar-refractivity contribution in [2.45, 2.75) is 19.9 Å². The fourth-order valence-corrected chi connectivity index (χ4v) is 2.76. The minimum absolute atomic E-state index is 0.215. The number of anilines is 2. The highest BCUT2D eigenvalue weighted by atomic mass is 32.1. The Morgan fingerprint density at radius 2 is 2.37 bits per heavy atom. The van der Waals surface area contributed by atoms with Gasteiger partial charge in [0.25, 0.3) is 5.91 Å². The summed E-state index contributed by atoms with van der Waals surface area (Å²) in [6, 6.07) is 0. The van der Waals surface area contributed by atoms with E-state index in [4.69, 9.17) is 5.73 Å². The Kier molecular flexibility index (Phi) is 4.69. The molecule has 2 heterocycles. The maximum atomic E-state index is 12.0. The van der Waals surface area contributed by atoms with Crippen molar-refractivity contribution in [1.82, 2.24) is 15.3 Å². The maximum absolute atomic E-state index is 12.0. The van der Waals surface area contributed by atoms with Gasteiger partial charge in [0, 0.05) is 11.9 Å². The Bertz CT molecular complexity index is 537. The molecule has 2 aromatic heterocycles. The number of nitrogens with one attached hydrogen (secondary N) is 2. The van der Waals surface area contributed by atoms with Crippen molar-refractivity contribution in [2.24, 2.45) is 0 Å². The average Bonchev–Trinajstić information content (AvgIpc) is 3.03. The largest absolute Gasteiger partial charge is 0.382 e. The third kappa shape index (κ3) is 3.65. The lowest BCUT2D eigenvalue weighted by molar-refractivity contribution is 0.0955. The number of amides is 1. The van der Waals surface area contributed by atoms with Crippen molar-refractivity contribution in [3.05, 3.63) is 21.5 Å². The second-order valence-corrected chi connectivity index (χ2v) is 5.54. The highest BCUT2D eigenvalue weighted by molar-refractivity contribution is 7.18. The van der Waals surface area contributed by atoms with E-state index in [0.717, 1.165) is 18.7 Å². The van der Waals surface area contributed by atoms with E-state index < -0.39 is 0 Å². The van der Waals surface area contributed by atoms with E-state index in [-0.39, 0.29) is 11.7 Å². The highest BCUT2D eigenvalue weighted by Gasteiger charge is 2.15. The van der Waals surface area contributed by atoms with Gasteiger partial charge in [0.1, 0.15) is 10.7 Å². The smallest absolute Gasteiger partial charge is 0.265 e. The number of nitrogens with two attached hydrogens (primary N) is 1. The van der Waals surface area contributed by atoms with E-state index in [1.165, 1.54) is 22.7 Å². The molecule has 0 unspecified atom stereocenters. The zero-order valence-corrected chi connectivity index (χ0v) is 12.1. The predicted octanol–water partition coefficient (Wildman–Crippen LogP) is 1.93. The summed E-state index contributed by atoms with van der Waals surface area (Å²) in [6.45, 7) is 3.27. The molecular formula is C11H15N5OS2. The minimum Gasteiger partial charge on any atom is -0.382 e. The molecule has 4 N–H and O–H groups in total. The molecule has 0 fully saturated rings. The summed E-state index contributed by atoms with van der Waals surface area (Å²) in [5.41, 5.74) is 8.32. The van der Waals surface area contributed by atoms with Gasteiger partial charge in [-0.1, -0.05) is 18.3 Å². The van der Waals surface area contributed by atoms with Crippen molar-refractivity contribution >= 4 is 39.5 Å². The zero-order valence-electron chi connectivity index (χ0n) is 10.5. The lowest BCUT2D eigenvalue weighted by Gasteiger charge is -2.00. The second-order valence-electron chi connectivity index (χ2n) is 3.82. The second kappa shape index (κ2) is 6.48. The van der Waals surface area contributed by atoms with Crippen LogP contribution in [0.1, 0.15) is 28.7 Å². The number of thiazole rings is 2. The Labute approximate surface area is 119 Å². The number of hydrogen-bond acceptors (Lipinski definition) is 7. The van der Waals surface area contributed by atoms with Crippen molar-refractivity contribution < 1.29 is 4.79 Å². The van der Waals surface area contributed by atoms with E-state index in [1.807, 2.05) is 5.38 Å². The Morgan fingerprint density at radius 1 is 1.53 bits per heavy atom. The van der Waals surface area contributed by atoms with Gasteiger partial charge in [-0.25, -0.2) is 9.97 Å². The van der Waals surface area contributed by atoms with Gasteiger partial charge in [-0.3, -0.25) is 4.79 Å². The van der Waals surface area contributed by atoms with Crippen molar-refractivity contribution in [3.8, 4) is 0 Å². The summed E-state index contributed by atoms with van der Waals surface area (Å²) in [4.78, 5) is 20.6. The van der Waals surface area contributed by atoms with Gasteiger partial charge in [0.2, 0.25) is 0 Å². The van der Waals surface area contributed by atoms with Crippen LogP contribution >= 0.6 is 22.7 Å². The van der Waals surface area contributed by atoms with Gasteiger partial charge >= 0.3 is 0 Å². The molecule has 2 aromatic rings. The van der Waals surface area contributed by atoms with Crippen LogP contribution in [-0.2, 0) is 6.54 Å². The molecule has 0 aliphatic carbocycles. The lowest BCUT2D eigenvalue weighted by Crippen LogP contribution is -2.22. The molecule has 0 saturated carbocycles. The molecule has 0 aromatic carbocycles. The summed E-state index contributed by atoms with van der Waals surface area (Å²) in [7, 11) is 0. The average molecular weight is 297 g/mol. The van der Waals surface area contributed by atoms with Crippen LogP contribution in [0.15, 0.2) is 10.9 Å². The molecule has 2 rings (SSSR count). The van der Waals surface area contributed by atoms with Crippen LogP contribution in [0.25, 0.3) is 0 Å². The van der Waals surface area contributed by atoms with E-state index in [1.54, 1.807) is 5.51 Å². The quantitative estimate of drug-likeness (QED) is 0.757. The van der Waals surface area contributed by atoms with Gasteiger partial charge < -0.3 is 16.4 Å². The molecule has 0 radical (unpaired) electrons. The maximum Gasteiger partial charge on any atom is 0.265 e. The molecule has 8 heteroatoms. The number of nitrogens with zero attached hydrogens (tertiary/aromatic N) is 2. The molecular weight excluding hydrogens is 282 g/mol. The third-order valence-corrected chi connectivity index (χ3v) is 3.96. The van der Waals surface area contributed by atoms with Crippen LogP contribution in [0.5, 0.6) is 0 Å². The first kappa shape index (κ1) is 13.8. The molecule has 0 bridgehead atoms. The van der Waals surface area contributed by atoms with Gasteiger partial charge in [0.15, 0.2) is 5.13 Å². The fraction of sp³-hybridized carbons (Fsp3) is 0.364. The standard InChI is InChI=1S/C11H15N5OS2/c1-2-3-13-11-16-9(12)8(19-11)10(17)14-4-7-5-18-6-15-7/h5-6H,2-4,12H2,1H3,(H,13,16)(H,14,17). The molecule has 102 valence electrons. The normalized spacial score (nSPS) is 10.4. The third-order valence-electron chi connectivity index (χ3n) is 2.30. The van der Waals surface area contributed by atoms with Crippen LogP contribution in [-0.4, -0.2) is 22.4 Å². The SMILES string of the molecule is CCCNc1nc(N)c(C(=O)NCc2cscn2)s1. The predicted molar refractivity (Wildman–Crippen MR) is 78.6 cm³/mol. The molecule has 0 aliphatic rings. The van der Waals surface area contributed by atoms with Crippen LogP contribution < -0.4 is 16.4 Å². The van der Waals surface area contributed by atoms with Gasteiger partial charge in [-0.15, -0.1) is 11.3 Å². The number of hydrogen-bond donors (Lipinski definition) is 3. The summed E-state index contributed by atoms with van der Waals surface area (Å²) in [5.74, 6) is 0.0481. The number of carbonyl (C=O) groups is 1. The zero-order chi connectivity index (χ0) is 13.7.